The molecule has 27 heavy (non-hydrogen) atoms. The van der Waals surface area contributed by atoms with Crippen LogP contribution in [-0.4, -0.2) is 12.6 Å². The molecular weight excluding hydrogens is 358 g/mol. The number of benzene rings is 3. The zero-order chi connectivity index (χ0) is 18.8. The molecule has 0 radical (unpaired) electrons. The van der Waals surface area contributed by atoms with Crippen molar-refractivity contribution in [3.63, 3.8) is 0 Å². The first-order valence-corrected chi connectivity index (χ1v) is 9.49. The quantitative estimate of drug-likeness (QED) is 0.219. The molecule has 0 atom stereocenters. The van der Waals surface area contributed by atoms with Gasteiger partial charge in [-0.05, 0) is 46.3 Å². The summed E-state index contributed by atoms with van der Waals surface area (Å²) in [6.07, 6.45) is 1.49. The van der Waals surface area contributed by atoms with Crippen molar-refractivity contribution in [3.8, 4) is 0 Å². The molecule has 134 valence electrons. The molecule has 0 saturated carbocycles. The third-order valence-corrected chi connectivity index (χ3v) is 5.53. The van der Waals surface area contributed by atoms with Crippen molar-refractivity contribution in [2.75, 3.05) is 6.61 Å². The second-order valence-corrected chi connectivity index (χ2v) is 7.01. The maximum absolute atomic E-state index is 12.7. The lowest BCUT2D eigenvalue weighted by atomic mass is 9.96. The Morgan fingerprint density at radius 3 is 2.04 bits per heavy atom. The van der Waals surface area contributed by atoms with Gasteiger partial charge in [0, 0.05) is 17.0 Å². The van der Waals surface area contributed by atoms with Crippen LogP contribution in [0.1, 0.15) is 17.3 Å². The summed E-state index contributed by atoms with van der Waals surface area (Å²) in [4.78, 5) is 13.7. The number of carbonyl (C=O) groups is 1. The zero-order valence-corrected chi connectivity index (χ0v) is 15.5. The molecular formula is C22H17NO3S. The zero-order valence-electron chi connectivity index (χ0n) is 14.7. The van der Waals surface area contributed by atoms with Crippen molar-refractivity contribution >= 4 is 39.3 Å². The van der Waals surface area contributed by atoms with E-state index in [9.17, 15) is 10.0 Å². The molecule has 0 saturated heterocycles. The summed E-state index contributed by atoms with van der Waals surface area (Å²) in [6, 6.07) is 20.8. The molecule has 4 rings (SSSR count). The molecule has 0 spiro atoms. The summed E-state index contributed by atoms with van der Waals surface area (Å²) in [6.45, 7) is 2.12. The second kappa shape index (κ2) is 7.29. The minimum atomic E-state index is -0.333. The third-order valence-electron chi connectivity index (χ3n) is 4.36. The number of ether oxygens (including phenoxy) is 1. The van der Waals surface area contributed by atoms with E-state index in [-0.39, 0.29) is 5.97 Å². The molecule has 0 N–H and O–H groups in total. The highest BCUT2D eigenvalue weighted by Crippen LogP contribution is 2.41. The number of pyridine rings is 1. The van der Waals surface area contributed by atoms with Crippen LogP contribution in [-0.2, 0) is 4.74 Å². The van der Waals surface area contributed by atoms with Gasteiger partial charge in [-0.1, -0.05) is 48.5 Å². The smallest absolute Gasteiger partial charge is 0.339 e. The minimum Gasteiger partial charge on any atom is -0.618 e. The number of esters is 1. The molecule has 0 aliphatic carbocycles. The molecule has 1 aromatic heterocycles. The molecule has 0 amide bonds. The number of hydrogen-bond donors (Lipinski definition) is 0. The molecule has 0 unspecified atom stereocenters. The Kier molecular flexibility index (Phi) is 4.69. The molecule has 0 aliphatic rings. The van der Waals surface area contributed by atoms with Crippen LogP contribution in [0, 0.1) is 5.21 Å². The standard InChI is InChI=1S/C22H17NO3S/c1-2-26-22(24)20-15-9-3-5-11-17(15)21(18-12-6-4-10-16(18)20)27-19-13-7-8-14-23(19)25/h3-14H,2H2,1H3. The number of rotatable bonds is 4. The van der Waals surface area contributed by atoms with E-state index in [2.05, 4.69) is 0 Å². The topological polar surface area (TPSA) is 53.2 Å². The predicted octanol–water partition coefficient (Wildman–Crippen LogP) is 4.95. The molecule has 1 heterocycles. The van der Waals surface area contributed by atoms with Gasteiger partial charge in [0.1, 0.15) is 0 Å². The van der Waals surface area contributed by atoms with Crippen LogP contribution in [0.15, 0.2) is 82.8 Å². The summed E-state index contributed by atoms with van der Waals surface area (Å²) >= 11 is 1.41. The van der Waals surface area contributed by atoms with Gasteiger partial charge in [0.25, 0.3) is 5.03 Å². The van der Waals surface area contributed by atoms with E-state index in [1.807, 2.05) is 54.6 Å². The van der Waals surface area contributed by atoms with Crippen LogP contribution in [0.2, 0.25) is 0 Å². The van der Waals surface area contributed by atoms with Gasteiger partial charge in [0.2, 0.25) is 0 Å². The van der Waals surface area contributed by atoms with E-state index in [4.69, 9.17) is 4.74 Å². The van der Waals surface area contributed by atoms with E-state index < -0.39 is 0 Å². The van der Waals surface area contributed by atoms with Gasteiger partial charge >= 0.3 is 5.97 Å². The number of hydrogen-bond acceptors (Lipinski definition) is 4. The first kappa shape index (κ1) is 17.4. The first-order valence-electron chi connectivity index (χ1n) is 8.67. The fourth-order valence-electron chi connectivity index (χ4n) is 3.22. The maximum Gasteiger partial charge on any atom is 0.339 e. The summed E-state index contributed by atoms with van der Waals surface area (Å²) < 4.78 is 6.18. The Bertz CT molecular complexity index is 1100. The van der Waals surface area contributed by atoms with E-state index in [1.54, 1.807) is 19.1 Å². The number of carbonyl (C=O) groups excluding carboxylic acids is 1. The second-order valence-electron chi connectivity index (χ2n) is 5.98. The summed E-state index contributed by atoms with van der Waals surface area (Å²) in [5.74, 6) is -0.333. The fourth-order valence-corrected chi connectivity index (χ4v) is 4.30. The van der Waals surface area contributed by atoms with Gasteiger partial charge in [-0.2, -0.15) is 4.73 Å². The molecule has 4 nitrogen and oxygen atoms in total. The van der Waals surface area contributed by atoms with E-state index >= 15 is 0 Å². The lowest BCUT2D eigenvalue weighted by molar-refractivity contribution is -0.645. The molecule has 0 bridgehead atoms. The van der Waals surface area contributed by atoms with Crippen molar-refractivity contribution in [1.82, 2.24) is 0 Å². The average Bonchev–Trinajstić information content (AvgIpc) is 2.69. The highest BCUT2D eigenvalue weighted by molar-refractivity contribution is 7.99. The van der Waals surface area contributed by atoms with Gasteiger partial charge in [-0.15, -0.1) is 0 Å². The first-order chi connectivity index (χ1) is 13.2. The van der Waals surface area contributed by atoms with Crippen LogP contribution in [0.3, 0.4) is 0 Å². The van der Waals surface area contributed by atoms with Crippen molar-refractivity contribution < 1.29 is 14.3 Å². The fraction of sp³-hybridized carbons (Fsp3) is 0.0909. The summed E-state index contributed by atoms with van der Waals surface area (Å²) in [5, 5.41) is 16.3. The van der Waals surface area contributed by atoms with Crippen LogP contribution in [0.5, 0.6) is 0 Å². The highest BCUT2D eigenvalue weighted by Gasteiger charge is 2.21. The van der Waals surface area contributed by atoms with Gasteiger partial charge in [0.15, 0.2) is 6.20 Å². The van der Waals surface area contributed by atoms with Gasteiger partial charge in [-0.3, -0.25) is 0 Å². The SMILES string of the molecule is CCOC(=O)c1c2ccccc2c(Sc2cccc[n+]2[O-])c2ccccc12. The Hall–Kier alpha value is -3.05. The van der Waals surface area contributed by atoms with Crippen LogP contribution >= 0.6 is 11.8 Å². The largest absolute Gasteiger partial charge is 0.618 e. The van der Waals surface area contributed by atoms with Crippen LogP contribution in [0.4, 0.5) is 0 Å². The Labute approximate surface area is 161 Å². The summed E-state index contributed by atoms with van der Waals surface area (Å²) in [5.41, 5.74) is 0.565. The molecule has 4 aromatic rings. The Morgan fingerprint density at radius 1 is 0.926 bits per heavy atom. The van der Waals surface area contributed by atoms with Crippen molar-refractivity contribution in [2.24, 2.45) is 0 Å². The highest BCUT2D eigenvalue weighted by atomic mass is 32.2. The lowest BCUT2D eigenvalue weighted by Crippen LogP contribution is -2.27. The van der Waals surface area contributed by atoms with E-state index in [1.165, 1.54) is 18.0 Å². The van der Waals surface area contributed by atoms with Gasteiger partial charge in [-0.25, -0.2) is 4.79 Å². The monoisotopic (exact) mass is 375 g/mol. The Morgan fingerprint density at radius 2 is 1.48 bits per heavy atom. The molecule has 3 aromatic carbocycles. The Balaban J connectivity index is 2.06. The number of fused-ring (bicyclic) bond motifs is 2. The number of aromatic nitrogens is 1. The normalized spacial score (nSPS) is 11.0. The average molecular weight is 375 g/mol. The summed E-state index contributed by atoms with van der Waals surface area (Å²) in [7, 11) is 0. The number of nitrogens with zero attached hydrogens (tertiary/aromatic N) is 1. The lowest BCUT2D eigenvalue weighted by Gasteiger charge is -2.15. The van der Waals surface area contributed by atoms with Crippen LogP contribution in [0.25, 0.3) is 21.5 Å². The predicted molar refractivity (Wildman–Crippen MR) is 107 cm³/mol. The van der Waals surface area contributed by atoms with Crippen molar-refractivity contribution in [1.29, 1.82) is 0 Å². The van der Waals surface area contributed by atoms with E-state index in [0.717, 1.165) is 31.2 Å². The third kappa shape index (κ3) is 3.11. The molecule has 5 heteroatoms. The maximum atomic E-state index is 12.7. The van der Waals surface area contributed by atoms with Gasteiger partial charge in [0.05, 0.1) is 12.2 Å². The molecule has 0 aliphatic heterocycles. The minimum absolute atomic E-state index is 0.318. The molecule has 0 fully saturated rings. The van der Waals surface area contributed by atoms with E-state index in [0.29, 0.717) is 17.2 Å². The van der Waals surface area contributed by atoms with Crippen molar-refractivity contribution in [3.05, 3.63) is 83.7 Å². The van der Waals surface area contributed by atoms with Crippen LogP contribution < -0.4 is 4.73 Å². The van der Waals surface area contributed by atoms with Gasteiger partial charge < -0.3 is 9.94 Å². The van der Waals surface area contributed by atoms with Crippen molar-refractivity contribution in [2.45, 2.75) is 16.8 Å².